The number of nitriles is 1. The molecule has 5 rings (SSSR count). The van der Waals surface area contributed by atoms with Crippen molar-refractivity contribution in [1.29, 1.82) is 5.26 Å². The van der Waals surface area contributed by atoms with Crippen LogP contribution in [0.2, 0.25) is 0 Å². The Bertz CT molecular complexity index is 1300. The highest BCUT2D eigenvalue weighted by molar-refractivity contribution is 5.97. The molecule has 0 radical (unpaired) electrons. The number of dihydropyridines is 1. The molecule has 3 aromatic rings. The molecule has 1 amide bonds. The molecule has 1 saturated heterocycles. The molecule has 0 unspecified atom stereocenters. The van der Waals surface area contributed by atoms with Crippen LogP contribution in [-0.2, 0) is 4.79 Å². The maximum atomic E-state index is 12.8. The Balaban J connectivity index is 1.36. The number of nitrogens with one attached hydrogen (secondary N) is 2. The number of allylic oxidation sites excluding steroid dienone is 2. The van der Waals surface area contributed by atoms with Crippen LogP contribution in [0, 0.1) is 11.3 Å². The zero-order valence-electron chi connectivity index (χ0n) is 18.3. The lowest BCUT2D eigenvalue weighted by Gasteiger charge is -2.34. The van der Waals surface area contributed by atoms with Crippen molar-refractivity contribution >= 4 is 22.4 Å². The number of rotatable bonds is 4. The van der Waals surface area contributed by atoms with Gasteiger partial charge in [0.05, 0.1) is 11.6 Å². The molecule has 2 aromatic carbocycles. The number of benzene rings is 2. The molecule has 6 heteroatoms. The number of hydrogen-bond donors (Lipinski definition) is 2. The fraction of sp³-hybridized carbons (Fsp3) is 0.222. The van der Waals surface area contributed by atoms with Gasteiger partial charge >= 0.3 is 0 Å². The van der Waals surface area contributed by atoms with E-state index in [2.05, 4.69) is 33.8 Å². The first kappa shape index (κ1) is 20.8. The van der Waals surface area contributed by atoms with Gasteiger partial charge in [0.15, 0.2) is 0 Å². The molecule has 0 saturated carbocycles. The fourth-order valence-corrected chi connectivity index (χ4v) is 4.51. The molecule has 1 aromatic heterocycles. The first-order valence-corrected chi connectivity index (χ1v) is 11.2. The molecule has 33 heavy (non-hydrogen) atoms. The predicted octanol–water partition coefficient (Wildman–Crippen LogP) is 4.22. The number of hydrogen-bond acceptors (Lipinski definition) is 5. The Morgan fingerprint density at radius 2 is 2.03 bits per heavy atom. The first-order valence-electron chi connectivity index (χ1n) is 11.2. The molecular formula is C27H25N5O. The summed E-state index contributed by atoms with van der Waals surface area (Å²) in [6.45, 7) is 2.06. The van der Waals surface area contributed by atoms with Gasteiger partial charge in [-0.25, -0.2) is 0 Å². The van der Waals surface area contributed by atoms with Crippen LogP contribution < -0.4 is 10.6 Å². The van der Waals surface area contributed by atoms with Gasteiger partial charge in [-0.05, 0) is 72.0 Å². The normalized spacial score (nSPS) is 16.1. The van der Waals surface area contributed by atoms with E-state index in [0.717, 1.165) is 59.1 Å². The molecule has 2 aliphatic rings. The third-order valence-corrected chi connectivity index (χ3v) is 6.30. The Kier molecular flexibility index (Phi) is 5.77. The summed E-state index contributed by atoms with van der Waals surface area (Å²) < 4.78 is 0. The molecule has 2 aliphatic heterocycles. The van der Waals surface area contributed by atoms with Gasteiger partial charge in [0, 0.05) is 54.7 Å². The number of aromatic nitrogens is 1. The van der Waals surface area contributed by atoms with E-state index >= 15 is 0 Å². The highest BCUT2D eigenvalue weighted by Gasteiger charge is 2.25. The van der Waals surface area contributed by atoms with E-state index in [4.69, 9.17) is 0 Å². The number of fused-ring (bicyclic) bond motifs is 1. The summed E-state index contributed by atoms with van der Waals surface area (Å²) in [4.78, 5) is 19.1. The van der Waals surface area contributed by atoms with Crippen LogP contribution in [0.4, 0.5) is 5.69 Å². The summed E-state index contributed by atoms with van der Waals surface area (Å²) in [7, 11) is 0. The van der Waals surface area contributed by atoms with E-state index in [0.29, 0.717) is 12.1 Å². The summed E-state index contributed by atoms with van der Waals surface area (Å²) in [6, 6.07) is 16.5. The number of nitrogens with zero attached hydrogens (tertiary/aromatic N) is 3. The van der Waals surface area contributed by atoms with Crippen LogP contribution in [0.5, 0.6) is 0 Å². The molecule has 0 spiro atoms. The minimum Gasteiger partial charge on any atom is -0.387 e. The van der Waals surface area contributed by atoms with Crippen LogP contribution in [0.3, 0.4) is 0 Å². The minimum absolute atomic E-state index is 0.124. The molecular weight excluding hydrogens is 410 g/mol. The quantitative estimate of drug-likeness (QED) is 0.641. The number of anilines is 1. The van der Waals surface area contributed by atoms with Crippen LogP contribution in [0.15, 0.2) is 78.8 Å². The molecule has 3 heterocycles. The highest BCUT2D eigenvalue weighted by Crippen LogP contribution is 2.32. The topological polar surface area (TPSA) is 81.0 Å². The van der Waals surface area contributed by atoms with Crippen molar-refractivity contribution in [2.75, 3.05) is 25.0 Å². The van der Waals surface area contributed by atoms with Gasteiger partial charge in [0.1, 0.15) is 0 Å². The van der Waals surface area contributed by atoms with Crippen molar-refractivity contribution in [3.05, 3.63) is 84.3 Å². The van der Waals surface area contributed by atoms with Crippen LogP contribution in [0.1, 0.15) is 18.4 Å². The second-order valence-corrected chi connectivity index (χ2v) is 8.46. The van der Waals surface area contributed by atoms with Crippen LogP contribution in [-0.4, -0.2) is 41.5 Å². The van der Waals surface area contributed by atoms with E-state index in [1.165, 1.54) is 0 Å². The van der Waals surface area contributed by atoms with Crippen molar-refractivity contribution in [3.8, 4) is 17.2 Å². The summed E-state index contributed by atoms with van der Waals surface area (Å²) in [5.74, 6) is 0.124. The van der Waals surface area contributed by atoms with Gasteiger partial charge in [0.25, 0.3) is 5.91 Å². The molecule has 1 fully saturated rings. The average molecular weight is 436 g/mol. The van der Waals surface area contributed by atoms with Gasteiger partial charge in [-0.2, -0.15) is 5.26 Å². The monoisotopic (exact) mass is 435 g/mol. The van der Waals surface area contributed by atoms with Crippen molar-refractivity contribution in [2.45, 2.75) is 18.9 Å². The Morgan fingerprint density at radius 3 is 2.82 bits per heavy atom. The second kappa shape index (κ2) is 9.17. The second-order valence-electron chi connectivity index (χ2n) is 8.46. The summed E-state index contributed by atoms with van der Waals surface area (Å²) >= 11 is 0. The Morgan fingerprint density at radius 1 is 1.15 bits per heavy atom. The Hall–Kier alpha value is -4.11. The highest BCUT2D eigenvalue weighted by atomic mass is 16.2. The summed E-state index contributed by atoms with van der Waals surface area (Å²) in [5.41, 5.74) is 4.57. The third-order valence-electron chi connectivity index (χ3n) is 6.30. The van der Waals surface area contributed by atoms with Gasteiger partial charge < -0.3 is 15.5 Å². The minimum atomic E-state index is 0.124. The molecule has 164 valence electrons. The van der Waals surface area contributed by atoms with Crippen LogP contribution >= 0.6 is 0 Å². The fourth-order valence-electron chi connectivity index (χ4n) is 4.51. The lowest BCUT2D eigenvalue weighted by molar-refractivity contribution is -0.128. The molecule has 6 nitrogen and oxygen atoms in total. The smallest absolute Gasteiger partial charge is 0.251 e. The lowest BCUT2D eigenvalue weighted by atomic mass is 9.98. The molecule has 2 N–H and O–H groups in total. The van der Waals surface area contributed by atoms with E-state index in [9.17, 15) is 10.1 Å². The SMILES string of the molecule is N#Cc1cccc(-c2cc(NC3CCN(C(=O)C4=CC=CNC4)CC3)c3cnccc3c2)c1. The molecule has 0 aliphatic carbocycles. The zero-order chi connectivity index (χ0) is 22.6. The number of likely N-dealkylation sites (tertiary alicyclic amines) is 1. The number of carbonyl (C=O) groups is 1. The molecule has 0 atom stereocenters. The largest absolute Gasteiger partial charge is 0.387 e. The lowest BCUT2D eigenvalue weighted by Crippen LogP contribution is -2.44. The molecule has 0 bridgehead atoms. The van der Waals surface area contributed by atoms with Crippen LogP contribution in [0.25, 0.3) is 21.9 Å². The average Bonchev–Trinajstić information content (AvgIpc) is 2.89. The van der Waals surface area contributed by atoms with Gasteiger partial charge in [-0.15, -0.1) is 0 Å². The summed E-state index contributed by atoms with van der Waals surface area (Å²) in [5, 5.41) is 18.3. The van der Waals surface area contributed by atoms with Crippen molar-refractivity contribution in [1.82, 2.24) is 15.2 Å². The van der Waals surface area contributed by atoms with Gasteiger partial charge in [0.2, 0.25) is 0 Å². The van der Waals surface area contributed by atoms with E-state index in [1.54, 1.807) is 6.20 Å². The summed E-state index contributed by atoms with van der Waals surface area (Å²) in [6.07, 6.45) is 11.1. The van der Waals surface area contributed by atoms with E-state index in [1.807, 2.05) is 59.8 Å². The maximum absolute atomic E-state index is 12.8. The van der Waals surface area contributed by atoms with E-state index < -0.39 is 0 Å². The Labute approximate surface area is 193 Å². The predicted molar refractivity (Wildman–Crippen MR) is 130 cm³/mol. The number of piperidine rings is 1. The van der Waals surface area contributed by atoms with Gasteiger partial charge in [-0.1, -0.05) is 18.2 Å². The third kappa shape index (κ3) is 4.44. The van der Waals surface area contributed by atoms with Crippen molar-refractivity contribution < 1.29 is 4.79 Å². The number of amides is 1. The van der Waals surface area contributed by atoms with Crippen molar-refractivity contribution in [2.24, 2.45) is 0 Å². The number of carbonyl (C=O) groups excluding carboxylic acids is 1. The number of pyridine rings is 1. The zero-order valence-corrected chi connectivity index (χ0v) is 18.3. The standard InChI is InChI=1S/C27H25N5O/c28-16-19-3-1-4-20(13-19)23-14-21-6-10-30-18-25(21)26(15-23)31-24-7-11-32(12-8-24)27(33)22-5-2-9-29-17-22/h1-6,9-10,13-15,18,24,29,31H,7-8,11-12,17H2. The van der Waals surface area contributed by atoms with Crippen molar-refractivity contribution in [3.63, 3.8) is 0 Å². The maximum Gasteiger partial charge on any atom is 0.251 e. The first-order chi connectivity index (χ1) is 16.2. The van der Waals surface area contributed by atoms with Gasteiger partial charge in [-0.3, -0.25) is 9.78 Å². The van der Waals surface area contributed by atoms with E-state index in [-0.39, 0.29) is 11.9 Å².